The molecule has 2 unspecified atom stereocenters. The maximum Gasteiger partial charge on any atom is 0.337 e. The van der Waals surface area contributed by atoms with Crippen molar-refractivity contribution in [3.8, 4) is 5.75 Å². The molecule has 2 aromatic heterocycles. The third-order valence-corrected chi connectivity index (χ3v) is 30.4. The van der Waals surface area contributed by atoms with Crippen LogP contribution in [-0.2, 0) is 101 Å². The molecule has 135 heavy (non-hydrogen) atoms. The molecule has 13 aliphatic rings. The molecule has 14 heterocycles. The molecular weight excluding hydrogens is 1690 g/mol. The number of rotatable bonds is 14. The SMILES string of the molecule is CC(=O)c1ccc2c(c1)CN(C(C)C)CC2.CC(C)N1C2CCC1CC2.CC(C)N1CCCC2CCCCC21.CC(C)N1CCc2[nH]ncc2C1.CC(C)N1CCc2cc(O)ccc2C1.CC(C)N1CCc2ccc(C(=O)O)cc2C1.CC(C)N1CCn2cnnc2C1.CC(C)N1C[C@H]2CC[C@@H](C1)O2.CC(C)N1Cc2ccc(C(=O)O)cc2C1.COC(=O)c1ccc2c(c1)CN(C(C)C)C2. The van der Waals surface area contributed by atoms with Gasteiger partial charge in [-0.05, 0) is 352 Å². The summed E-state index contributed by atoms with van der Waals surface area (Å²) in [6.07, 6.45) is 26.5. The number of H-pyrrole nitrogens is 1. The van der Waals surface area contributed by atoms with Crippen LogP contribution in [0.2, 0.25) is 0 Å². The number of ketones is 1. The van der Waals surface area contributed by atoms with E-state index in [-0.39, 0.29) is 11.8 Å². The molecule has 1 saturated carbocycles. The second-order valence-corrected chi connectivity index (χ2v) is 42.8. The van der Waals surface area contributed by atoms with Crippen molar-refractivity contribution in [1.29, 1.82) is 0 Å². The van der Waals surface area contributed by atoms with E-state index < -0.39 is 11.9 Å². The van der Waals surface area contributed by atoms with Crippen LogP contribution in [0.25, 0.3) is 0 Å². The van der Waals surface area contributed by atoms with Gasteiger partial charge in [0.1, 0.15) is 17.9 Å². The highest BCUT2D eigenvalue weighted by Gasteiger charge is 2.41. The van der Waals surface area contributed by atoms with Crippen LogP contribution in [0, 0.1) is 5.92 Å². The third kappa shape index (κ3) is 30.5. The lowest BCUT2D eigenvalue weighted by atomic mass is 9.78. The van der Waals surface area contributed by atoms with Gasteiger partial charge in [0, 0.05) is 207 Å². The number of benzene rings is 5. The Balaban J connectivity index is 0.000000145. The number of aromatic amines is 1. The average Bonchev–Trinajstić information content (AvgIpc) is 1.37. The number of carbonyl (C=O) groups excluding carboxylic acids is 2. The third-order valence-electron chi connectivity index (χ3n) is 30.4. The minimum absolute atomic E-state index is 0.157. The van der Waals surface area contributed by atoms with Crippen molar-refractivity contribution in [3.63, 3.8) is 0 Å². The Hall–Kier alpha value is -8.11. The second-order valence-electron chi connectivity index (χ2n) is 42.8. The van der Waals surface area contributed by atoms with Crippen LogP contribution >= 0.6 is 0 Å². The average molecular weight is 1860 g/mol. The smallest absolute Gasteiger partial charge is 0.337 e. The number of phenolic OH excluding ortho intramolecular Hbond substituents is 1. The van der Waals surface area contributed by atoms with E-state index in [0.29, 0.717) is 83.0 Å². The fraction of sp³-hybridized carbons (Fsp3) is 0.649. The van der Waals surface area contributed by atoms with Gasteiger partial charge in [0.05, 0.1) is 48.7 Å². The van der Waals surface area contributed by atoms with E-state index in [1.54, 1.807) is 31.2 Å². The summed E-state index contributed by atoms with van der Waals surface area (Å²) in [4.78, 5) is 69.3. The summed E-state index contributed by atoms with van der Waals surface area (Å²) in [6, 6.07) is 37.7. The number of carboxylic acid groups (broad SMARTS) is 2. The lowest BCUT2D eigenvalue weighted by Crippen LogP contribution is -2.49. The number of phenols is 1. The van der Waals surface area contributed by atoms with Crippen LogP contribution in [0.15, 0.2) is 104 Å². The van der Waals surface area contributed by atoms with Gasteiger partial charge in [-0.3, -0.25) is 58.9 Å². The summed E-state index contributed by atoms with van der Waals surface area (Å²) in [5.41, 5.74) is 17.8. The number of fused-ring (bicyclic) bond motifs is 12. The lowest BCUT2D eigenvalue weighted by molar-refractivity contribution is -0.0480. The van der Waals surface area contributed by atoms with Crippen molar-refractivity contribution in [2.24, 2.45) is 5.92 Å². The standard InChI is InChI=1S/C14H19NO.2C13H17NO2.C12H15NO2.C12H17NO.C12H23N.C9H15N3.C9H17NO.C9H17N.C8H14N4/c1-10(2)15-7-6-12-4-5-13(11(3)16)8-14(12)9-15;1-9(2)14-7-11-5-4-10(13(15)16-3)6-12(11)8-14;1-9(2)14-6-5-10-3-4-11(13(15)16)7-12(10)8-14;1-8(2)13-6-10-4-3-9(12(14)15)5-11(10)7-13;1-9(2)13-6-5-10-7-12(14)4-3-11(10)8-13;1-10(2)13-9-5-7-11-6-3-4-8-12(11)13;1-7(2)12-4-3-9-8(6-12)5-10-11-9;1-7(2)10-5-8-3-4-9(6-10)11-8;1-7(2)10-8-3-4-9(10)6-5-8;1-7(2)11-3-4-12-6-9-10-8(12)5-11/h4-5,8,10H,6-7,9H2,1-3H3;4-6,9H,7-8H2,1-3H3;3-4,7,9H,5-6,8H2,1-2H3,(H,15,16);3-5,8H,6-7H2,1-2H3,(H,14,15);3-4,7,9,14H,5-6,8H2,1-2H3;10-12H,3-9H2,1-2H3;5,7H,3-4,6H2,1-2H3,(H,10,11);7-9H,3-6H2,1-2H3;7-9H,3-6H2,1-2H3;6-7H,3-5H2,1-2H3/t;;;;;;;8-,9+;;. The summed E-state index contributed by atoms with van der Waals surface area (Å²) in [6.45, 7) is 65.3. The van der Waals surface area contributed by atoms with Crippen LogP contribution < -0.4 is 0 Å². The summed E-state index contributed by atoms with van der Waals surface area (Å²) in [7, 11) is 1.41. The fourth-order valence-corrected chi connectivity index (χ4v) is 21.7. The quantitative estimate of drug-likeness (QED) is 0.0584. The van der Waals surface area contributed by atoms with Gasteiger partial charge in [-0.15, -0.1) is 10.2 Å². The summed E-state index contributed by atoms with van der Waals surface area (Å²) in [5.74, 6) is 0.738. The van der Waals surface area contributed by atoms with Crippen LogP contribution in [0.5, 0.6) is 5.75 Å². The minimum Gasteiger partial charge on any atom is -0.508 e. The highest BCUT2D eigenvalue weighted by atomic mass is 16.5. The maximum atomic E-state index is 11.4. The Bertz CT molecular complexity index is 4730. The number of esters is 1. The van der Waals surface area contributed by atoms with Gasteiger partial charge in [-0.2, -0.15) is 5.10 Å². The van der Waals surface area contributed by atoms with Gasteiger partial charge in [0.25, 0.3) is 0 Å². The molecular formula is C111H171N15O9. The molecule has 7 aromatic rings. The van der Waals surface area contributed by atoms with Gasteiger partial charge in [0.15, 0.2) is 5.78 Å². The monoisotopic (exact) mass is 1860 g/mol. The predicted octanol–water partition coefficient (Wildman–Crippen LogP) is 19.3. The molecule has 0 amide bonds. The largest absolute Gasteiger partial charge is 0.508 e. The number of nitrogens with zero attached hydrogens (tertiary/aromatic N) is 14. The van der Waals surface area contributed by atoms with Gasteiger partial charge in [-0.25, -0.2) is 14.4 Å². The number of hydrogen-bond acceptors (Lipinski definition) is 20. The zero-order valence-electron chi connectivity index (χ0n) is 86.6. The highest BCUT2D eigenvalue weighted by molar-refractivity contribution is 5.94. The summed E-state index contributed by atoms with van der Waals surface area (Å²) in [5, 5.41) is 42.2. The Labute approximate surface area is 811 Å². The maximum absolute atomic E-state index is 11.4. The molecule has 0 spiro atoms. The molecule has 24 heteroatoms. The minimum atomic E-state index is -0.846. The molecule has 4 atom stereocenters. The van der Waals surface area contributed by atoms with E-state index in [9.17, 15) is 24.3 Å². The molecule has 6 fully saturated rings. The molecule has 24 nitrogen and oxygen atoms in total. The first kappa shape index (κ1) is 107. The lowest BCUT2D eigenvalue weighted by Gasteiger charge is -2.46. The Morgan fingerprint density at radius 2 is 0.800 bits per heavy atom. The van der Waals surface area contributed by atoms with Crippen LogP contribution in [0.3, 0.4) is 0 Å². The van der Waals surface area contributed by atoms with Crippen molar-refractivity contribution in [3.05, 3.63) is 198 Å². The van der Waals surface area contributed by atoms with Crippen LogP contribution in [-0.4, -0.2) is 263 Å². The van der Waals surface area contributed by atoms with E-state index in [4.69, 9.17) is 19.7 Å². The number of carbonyl (C=O) groups is 4. The number of hydrogen-bond donors (Lipinski definition) is 4. The zero-order chi connectivity index (χ0) is 97.6. The number of piperidine rings is 1. The predicted molar refractivity (Wildman–Crippen MR) is 544 cm³/mol. The molecule has 5 aromatic carbocycles. The number of aromatic nitrogens is 5. The van der Waals surface area contributed by atoms with E-state index in [1.807, 2.05) is 67.1 Å². The van der Waals surface area contributed by atoms with Crippen molar-refractivity contribution < 1.29 is 44.0 Å². The Morgan fingerprint density at radius 1 is 0.393 bits per heavy atom. The first-order valence-electron chi connectivity index (χ1n) is 51.7. The highest BCUT2D eigenvalue weighted by Crippen LogP contribution is 2.40. The number of likely N-dealkylation sites (tertiary alicyclic amines) is 2. The van der Waals surface area contributed by atoms with Gasteiger partial charge < -0.3 is 29.4 Å². The van der Waals surface area contributed by atoms with E-state index >= 15 is 0 Å². The zero-order valence-corrected chi connectivity index (χ0v) is 86.6. The van der Waals surface area contributed by atoms with Gasteiger partial charge >= 0.3 is 17.9 Å². The molecule has 12 aliphatic heterocycles. The number of methoxy groups -OCH3 is 1. The van der Waals surface area contributed by atoms with E-state index in [1.165, 1.54) is 152 Å². The second kappa shape index (κ2) is 51.2. The number of Topliss-reactive ketones (excluding diaryl/α,β-unsaturated/α-hetero) is 1. The first-order valence-corrected chi connectivity index (χ1v) is 51.7. The number of nitrogens with one attached hydrogen (secondary N) is 1. The van der Waals surface area contributed by atoms with Crippen molar-refractivity contribution >= 4 is 23.7 Å². The molecule has 1 aliphatic carbocycles. The number of ether oxygens (including phenoxy) is 2. The number of carboxylic acids is 2. The van der Waals surface area contributed by atoms with Crippen molar-refractivity contribution in [1.82, 2.24) is 74.0 Å². The topological polar surface area (TPSA) is 239 Å². The fourth-order valence-electron chi connectivity index (χ4n) is 21.7. The number of morpholine rings is 1. The van der Waals surface area contributed by atoms with Crippen LogP contribution in [0.4, 0.5) is 0 Å². The molecule has 744 valence electrons. The summed E-state index contributed by atoms with van der Waals surface area (Å²) >= 11 is 0. The Kier molecular flexibility index (Phi) is 40.7. The Morgan fingerprint density at radius 3 is 1.28 bits per heavy atom. The van der Waals surface area contributed by atoms with Gasteiger partial charge in [0.2, 0.25) is 0 Å². The van der Waals surface area contributed by atoms with E-state index in [2.05, 4.69) is 225 Å². The molecule has 4 N–H and O–H groups in total. The summed E-state index contributed by atoms with van der Waals surface area (Å²) < 4.78 is 12.6. The molecule has 0 radical (unpaired) electrons. The first-order chi connectivity index (χ1) is 64.4. The number of aromatic hydroxyl groups is 1. The van der Waals surface area contributed by atoms with Crippen molar-refractivity contribution in [2.45, 2.75) is 404 Å². The van der Waals surface area contributed by atoms with Gasteiger partial charge in [-0.1, -0.05) is 49.2 Å². The molecule has 4 bridgehead atoms. The molecule has 5 saturated heterocycles. The normalized spacial score (nSPS) is 22.0. The van der Waals surface area contributed by atoms with E-state index in [0.717, 1.165) is 190 Å². The van der Waals surface area contributed by atoms with Crippen LogP contribution in [0.1, 0.15) is 337 Å². The number of aromatic carboxylic acids is 2. The molecule has 20 rings (SSSR count). The van der Waals surface area contributed by atoms with Crippen molar-refractivity contribution in [2.75, 3.05) is 59.5 Å².